The lowest BCUT2D eigenvalue weighted by Crippen LogP contribution is -2.45. The SMILES string of the molecule is CC(C)(C)NCCCCc1ccc(CC(C(=O)O)N(C=O)OC(C)(C)C)cc1. The lowest BCUT2D eigenvalue weighted by molar-refractivity contribution is -0.234. The largest absolute Gasteiger partial charge is 0.480 e. The number of hydroxylamine groups is 2. The number of amides is 1. The smallest absolute Gasteiger partial charge is 0.329 e. The topological polar surface area (TPSA) is 78.9 Å². The summed E-state index contributed by atoms with van der Waals surface area (Å²) >= 11 is 0. The molecule has 0 fully saturated rings. The molecule has 0 aliphatic heterocycles. The van der Waals surface area contributed by atoms with Crippen LogP contribution in [0.4, 0.5) is 0 Å². The molecule has 2 N–H and O–H groups in total. The van der Waals surface area contributed by atoms with Crippen LogP contribution < -0.4 is 5.32 Å². The van der Waals surface area contributed by atoms with Gasteiger partial charge < -0.3 is 10.4 Å². The number of nitrogens with one attached hydrogen (secondary N) is 1. The third-order valence-corrected chi connectivity index (χ3v) is 4.07. The zero-order chi connectivity index (χ0) is 21.4. The Morgan fingerprint density at radius 1 is 1.11 bits per heavy atom. The molecule has 0 heterocycles. The molecule has 1 atom stereocenters. The van der Waals surface area contributed by atoms with Crippen LogP contribution >= 0.6 is 0 Å². The predicted octanol–water partition coefficient (Wildman–Crippen LogP) is 3.58. The number of carbonyl (C=O) groups is 2. The Bertz CT molecular complexity index is 615. The van der Waals surface area contributed by atoms with Crippen molar-refractivity contribution < 1.29 is 19.5 Å². The Morgan fingerprint density at radius 3 is 2.14 bits per heavy atom. The standard InChI is InChI=1S/C22H36N2O4/c1-21(2,3)23-14-8-7-9-17-10-12-18(13-11-17)15-19(20(26)27)24(16-25)28-22(4,5)6/h10-13,16,19,23H,7-9,14-15H2,1-6H3,(H,26,27). The van der Waals surface area contributed by atoms with Gasteiger partial charge in [-0.3, -0.25) is 9.63 Å². The van der Waals surface area contributed by atoms with Gasteiger partial charge in [0.25, 0.3) is 0 Å². The van der Waals surface area contributed by atoms with E-state index in [4.69, 9.17) is 4.84 Å². The minimum Gasteiger partial charge on any atom is -0.480 e. The summed E-state index contributed by atoms with van der Waals surface area (Å²) in [5.74, 6) is -1.09. The molecule has 0 aliphatic carbocycles. The van der Waals surface area contributed by atoms with E-state index in [1.807, 2.05) is 24.3 Å². The number of aryl methyl sites for hydroxylation is 1. The zero-order valence-electron chi connectivity index (χ0n) is 18.1. The first-order chi connectivity index (χ1) is 12.9. The number of benzene rings is 1. The molecule has 6 nitrogen and oxygen atoms in total. The molecule has 28 heavy (non-hydrogen) atoms. The van der Waals surface area contributed by atoms with Crippen molar-refractivity contribution >= 4 is 12.4 Å². The second-order valence-electron chi connectivity index (χ2n) is 9.18. The lowest BCUT2D eigenvalue weighted by atomic mass is 10.0. The molecule has 0 spiro atoms. The molecule has 1 rings (SSSR count). The third-order valence-electron chi connectivity index (χ3n) is 4.07. The molecule has 1 aromatic carbocycles. The Hall–Kier alpha value is -1.92. The van der Waals surface area contributed by atoms with E-state index < -0.39 is 17.6 Å². The normalized spacial score (nSPS) is 13.2. The first-order valence-corrected chi connectivity index (χ1v) is 9.90. The van der Waals surface area contributed by atoms with Crippen LogP contribution in [-0.4, -0.2) is 46.3 Å². The number of hydrogen-bond donors (Lipinski definition) is 2. The van der Waals surface area contributed by atoms with Crippen molar-refractivity contribution in [3.8, 4) is 0 Å². The second kappa shape index (κ2) is 10.6. The van der Waals surface area contributed by atoms with Crippen LogP contribution in [0.1, 0.15) is 65.5 Å². The fourth-order valence-electron chi connectivity index (χ4n) is 2.74. The van der Waals surface area contributed by atoms with E-state index in [-0.39, 0.29) is 12.0 Å². The molecule has 1 aromatic rings. The highest BCUT2D eigenvalue weighted by Crippen LogP contribution is 2.16. The maximum absolute atomic E-state index is 11.6. The summed E-state index contributed by atoms with van der Waals surface area (Å²) in [6, 6.07) is 6.85. The maximum Gasteiger partial charge on any atom is 0.329 e. The summed E-state index contributed by atoms with van der Waals surface area (Å²) in [5.41, 5.74) is 1.58. The maximum atomic E-state index is 11.6. The summed E-state index contributed by atoms with van der Waals surface area (Å²) in [4.78, 5) is 28.5. The molecule has 0 aliphatic rings. The van der Waals surface area contributed by atoms with Crippen molar-refractivity contribution in [3.63, 3.8) is 0 Å². The van der Waals surface area contributed by atoms with Crippen molar-refractivity contribution in [3.05, 3.63) is 35.4 Å². The molecule has 158 valence electrons. The predicted molar refractivity (Wildman–Crippen MR) is 111 cm³/mol. The molecule has 0 aromatic heterocycles. The van der Waals surface area contributed by atoms with Crippen LogP contribution in [0.15, 0.2) is 24.3 Å². The van der Waals surface area contributed by atoms with Gasteiger partial charge in [0.2, 0.25) is 6.41 Å². The van der Waals surface area contributed by atoms with Gasteiger partial charge in [-0.25, -0.2) is 9.86 Å². The Morgan fingerprint density at radius 2 is 1.68 bits per heavy atom. The molecular weight excluding hydrogens is 356 g/mol. The number of unbranched alkanes of at least 4 members (excludes halogenated alkanes) is 1. The Labute approximate surface area is 169 Å². The van der Waals surface area contributed by atoms with Gasteiger partial charge in [0.1, 0.15) is 0 Å². The minimum absolute atomic E-state index is 0.147. The van der Waals surface area contributed by atoms with Crippen LogP contribution in [0.5, 0.6) is 0 Å². The highest BCUT2D eigenvalue weighted by atomic mass is 16.7. The first-order valence-electron chi connectivity index (χ1n) is 9.90. The van der Waals surface area contributed by atoms with Crippen molar-refractivity contribution in [2.24, 2.45) is 0 Å². The minimum atomic E-state index is -1.09. The van der Waals surface area contributed by atoms with Gasteiger partial charge in [-0.15, -0.1) is 0 Å². The Kier molecular flexibility index (Phi) is 9.11. The summed E-state index contributed by atoms with van der Waals surface area (Å²) < 4.78 is 0. The molecule has 6 heteroatoms. The lowest BCUT2D eigenvalue weighted by Gasteiger charge is -2.30. The number of carbonyl (C=O) groups excluding carboxylic acids is 1. The number of carboxylic acid groups (broad SMARTS) is 1. The van der Waals surface area contributed by atoms with Gasteiger partial charge in [-0.1, -0.05) is 24.3 Å². The summed E-state index contributed by atoms with van der Waals surface area (Å²) in [7, 11) is 0. The van der Waals surface area contributed by atoms with E-state index in [1.54, 1.807) is 20.8 Å². The van der Waals surface area contributed by atoms with Gasteiger partial charge in [-0.05, 0) is 78.5 Å². The van der Waals surface area contributed by atoms with Crippen molar-refractivity contribution in [2.75, 3.05) is 6.54 Å². The van der Waals surface area contributed by atoms with Crippen molar-refractivity contribution in [2.45, 2.75) is 84.4 Å². The fraction of sp³-hybridized carbons (Fsp3) is 0.636. The van der Waals surface area contributed by atoms with Crippen molar-refractivity contribution in [1.29, 1.82) is 0 Å². The van der Waals surface area contributed by atoms with Gasteiger partial charge in [0.15, 0.2) is 6.04 Å². The number of rotatable bonds is 11. The van der Waals surface area contributed by atoms with Crippen LogP contribution in [0.2, 0.25) is 0 Å². The molecule has 0 bridgehead atoms. The van der Waals surface area contributed by atoms with Crippen LogP contribution in [-0.2, 0) is 27.3 Å². The second-order valence-corrected chi connectivity index (χ2v) is 9.18. The highest BCUT2D eigenvalue weighted by Gasteiger charge is 2.29. The molecule has 1 amide bonds. The highest BCUT2D eigenvalue weighted by molar-refractivity contribution is 5.76. The van der Waals surface area contributed by atoms with Gasteiger partial charge in [-0.2, -0.15) is 0 Å². The average molecular weight is 393 g/mol. The number of aliphatic carboxylic acids is 1. The van der Waals surface area contributed by atoms with Crippen LogP contribution in [0.25, 0.3) is 0 Å². The fourth-order valence-corrected chi connectivity index (χ4v) is 2.74. The molecule has 0 saturated carbocycles. The van der Waals surface area contributed by atoms with E-state index in [0.717, 1.165) is 36.4 Å². The van der Waals surface area contributed by atoms with E-state index in [9.17, 15) is 14.7 Å². The molecule has 0 saturated heterocycles. The Balaban J connectivity index is 2.60. The van der Waals surface area contributed by atoms with E-state index >= 15 is 0 Å². The number of carboxylic acids is 1. The number of nitrogens with zero attached hydrogens (tertiary/aromatic N) is 1. The summed E-state index contributed by atoms with van der Waals surface area (Å²) in [5, 5.41) is 13.9. The van der Waals surface area contributed by atoms with Gasteiger partial charge >= 0.3 is 5.97 Å². The summed E-state index contributed by atoms with van der Waals surface area (Å²) in [6.07, 6.45) is 3.82. The van der Waals surface area contributed by atoms with Crippen LogP contribution in [0.3, 0.4) is 0 Å². The van der Waals surface area contributed by atoms with E-state index in [2.05, 4.69) is 26.1 Å². The van der Waals surface area contributed by atoms with Crippen LogP contribution in [0, 0.1) is 0 Å². The zero-order valence-corrected chi connectivity index (χ0v) is 18.1. The van der Waals surface area contributed by atoms with E-state index in [1.165, 1.54) is 5.56 Å². The number of hydrogen-bond acceptors (Lipinski definition) is 4. The first kappa shape index (κ1) is 24.1. The van der Waals surface area contributed by atoms with Gasteiger partial charge in [0.05, 0.1) is 5.60 Å². The van der Waals surface area contributed by atoms with Crippen molar-refractivity contribution in [1.82, 2.24) is 10.4 Å². The average Bonchev–Trinajstić information content (AvgIpc) is 2.56. The van der Waals surface area contributed by atoms with E-state index in [0.29, 0.717) is 6.41 Å². The summed E-state index contributed by atoms with van der Waals surface area (Å²) in [6.45, 7) is 12.8. The molecular formula is C22H36N2O4. The van der Waals surface area contributed by atoms with Gasteiger partial charge in [0, 0.05) is 12.0 Å². The molecule has 0 radical (unpaired) electrons. The monoisotopic (exact) mass is 392 g/mol. The quantitative estimate of drug-likeness (QED) is 0.342. The molecule has 1 unspecified atom stereocenters. The third kappa shape index (κ3) is 9.85.